The van der Waals surface area contributed by atoms with Crippen LogP contribution in [0.15, 0.2) is 41.2 Å². The van der Waals surface area contributed by atoms with Crippen LogP contribution in [0.1, 0.15) is 27.2 Å². The van der Waals surface area contributed by atoms with E-state index >= 15 is 0 Å². The Morgan fingerprint density at radius 2 is 1.85 bits per heavy atom. The van der Waals surface area contributed by atoms with Gasteiger partial charge in [0.15, 0.2) is 0 Å². The molecule has 27 heavy (non-hydrogen) atoms. The van der Waals surface area contributed by atoms with Crippen LogP contribution in [0.25, 0.3) is 11.3 Å². The van der Waals surface area contributed by atoms with E-state index in [1.807, 2.05) is 49.1 Å². The quantitative estimate of drug-likeness (QED) is 0.867. The Morgan fingerprint density at radius 1 is 1.19 bits per heavy atom. The van der Waals surface area contributed by atoms with Gasteiger partial charge < -0.3 is 15.1 Å². The largest absolute Gasteiger partial charge is 0.366 e. The van der Waals surface area contributed by atoms with Crippen LogP contribution in [0.3, 0.4) is 0 Å². The summed E-state index contributed by atoms with van der Waals surface area (Å²) in [6, 6.07) is 11.3. The number of urea groups is 1. The summed E-state index contributed by atoms with van der Waals surface area (Å²) in [7, 11) is 0. The summed E-state index contributed by atoms with van der Waals surface area (Å²) in [5.74, 6) is 0. The van der Waals surface area contributed by atoms with Crippen molar-refractivity contribution in [3.8, 4) is 11.3 Å². The number of aromatic nitrogens is 2. The lowest BCUT2D eigenvalue weighted by atomic mass is 10.0. The Balaban J connectivity index is 1.74. The number of piperazine rings is 1. The Kier molecular flexibility index (Phi) is 5.48. The minimum atomic E-state index is -0.227. The van der Waals surface area contributed by atoms with Crippen LogP contribution in [0.4, 0.5) is 10.5 Å². The molecule has 3 rings (SSSR count). The van der Waals surface area contributed by atoms with Crippen LogP contribution in [-0.4, -0.2) is 52.8 Å². The molecule has 0 spiro atoms. The minimum absolute atomic E-state index is 0.0335. The molecule has 1 saturated heterocycles. The van der Waals surface area contributed by atoms with Gasteiger partial charge in [0.25, 0.3) is 5.56 Å². The molecule has 1 aliphatic heterocycles. The Labute approximate surface area is 159 Å². The van der Waals surface area contributed by atoms with Crippen LogP contribution in [-0.2, 0) is 0 Å². The Morgan fingerprint density at radius 3 is 2.48 bits per heavy atom. The first-order chi connectivity index (χ1) is 12.9. The van der Waals surface area contributed by atoms with Gasteiger partial charge in [-0.2, -0.15) is 5.10 Å². The van der Waals surface area contributed by atoms with E-state index in [1.165, 1.54) is 0 Å². The van der Waals surface area contributed by atoms with E-state index in [9.17, 15) is 9.59 Å². The molecule has 7 heteroatoms. The van der Waals surface area contributed by atoms with E-state index in [1.54, 1.807) is 6.07 Å². The summed E-state index contributed by atoms with van der Waals surface area (Å²) in [4.78, 5) is 28.3. The average Bonchev–Trinajstić information content (AvgIpc) is 2.68. The van der Waals surface area contributed by atoms with Crippen molar-refractivity contribution in [2.75, 3.05) is 31.1 Å². The van der Waals surface area contributed by atoms with Crippen molar-refractivity contribution in [3.63, 3.8) is 0 Å². The summed E-state index contributed by atoms with van der Waals surface area (Å²) in [6.45, 7) is 8.63. The van der Waals surface area contributed by atoms with Crippen molar-refractivity contribution in [1.29, 1.82) is 0 Å². The van der Waals surface area contributed by atoms with Gasteiger partial charge in [0.05, 0.1) is 5.69 Å². The SMILES string of the molecule is CCC(C)(C)NC(=O)N1CCN(c2cc(=O)[nH]nc2-c2ccccc2)CC1. The highest BCUT2D eigenvalue weighted by atomic mass is 16.2. The van der Waals surface area contributed by atoms with Gasteiger partial charge in [-0.3, -0.25) is 4.79 Å². The number of nitrogens with zero attached hydrogens (tertiary/aromatic N) is 3. The highest BCUT2D eigenvalue weighted by molar-refractivity contribution is 5.77. The number of carbonyl (C=O) groups excluding carboxylic acids is 1. The molecule has 144 valence electrons. The lowest BCUT2D eigenvalue weighted by Gasteiger charge is -2.38. The smallest absolute Gasteiger partial charge is 0.317 e. The van der Waals surface area contributed by atoms with Crippen molar-refractivity contribution in [1.82, 2.24) is 20.4 Å². The van der Waals surface area contributed by atoms with Crippen molar-refractivity contribution in [3.05, 3.63) is 46.8 Å². The number of hydrogen-bond acceptors (Lipinski definition) is 4. The van der Waals surface area contributed by atoms with E-state index in [4.69, 9.17) is 0 Å². The monoisotopic (exact) mass is 369 g/mol. The number of aromatic amines is 1. The van der Waals surface area contributed by atoms with Gasteiger partial charge in [-0.15, -0.1) is 0 Å². The second-order valence-corrected chi connectivity index (χ2v) is 7.47. The van der Waals surface area contributed by atoms with Crippen molar-refractivity contribution >= 4 is 11.7 Å². The number of anilines is 1. The van der Waals surface area contributed by atoms with Crippen molar-refractivity contribution in [2.45, 2.75) is 32.7 Å². The van der Waals surface area contributed by atoms with Gasteiger partial charge in [-0.25, -0.2) is 9.89 Å². The van der Waals surface area contributed by atoms with E-state index in [0.717, 1.165) is 23.4 Å². The lowest BCUT2D eigenvalue weighted by molar-refractivity contribution is 0.182. The number of nitrogens with one attached hydrogen (secondary N) is 2. The molecule has 2 heterocycles. The predicted octanol–water partition coefficient (Wildman–Crippen LogP) is 2.46. The van der Waals surface area contributed by atoms with Gasteiger partial charge in [-0.1, -0.05) is 37.3 Å². The fourth-order valence-electron chi connectivity index (χ4n) is 3.05. The number of benzene rings is 1. The van der Waals surface area contributed by atoms with Crippen molar-refractivity contribution in [2.24, 2.45) is 0 Å². The summed E-state index contributed by atoms with van der Waals surface area (Å²) in [5.41, 5.74) is 2.06. The summed E-state index contributed by atoms with van der Waals surface area (Å²) < 4.78 is 0. The first kappa shape index (κ1) is 18.9. The lowest BCUT2D eigenvalue weighted by Crippen LogP contribution is -2.55. The van der Waals surface area contributed by atoms with E-state index in [-0.39, 0.29) is 17.1 Å². The zero-order valence-corrected chi connectivity index (χ0v) is 16.2. The molecule has 0 bridgehead atoms. The van der Waals surface area contributed by atoms with Crippen molar-refractivity contribution < 1.29 is 4.79 Å². The first-order valence-corrected chi connectivity index (χ1v) is 9.37. The zero-order valence-electron chi connectivity index (χ0n) is 16.2. The van der Waals surface area contributed by atoms with Crippen LogP contribution < -0.4 is 15.8 Å². The topological polar surface area (TPSA) is 81.3 Å². The maximum atomic E-state index is 12.5. The number of hydrogen-bond donors (Lipinski definition) is 2. The van der Waals surface area contributed by atoms with Gasteiger partial charge >= 0.3 is 6.03 Å². The minimum Gasteiger partial charge on any atom is -0.366 e. The summed E-state index contributed by atoms with van der Waals surface area (Å²) in [5, 5.41) is 9.87. The van der Waals surface area contributed by atoms with Crippen LogP contribution in [0.5, 0.6) is 0 Å². The predicted molar refractivity (Wildman–Crippen MR) is 107 cm³/mol. The fraction of sp³-hybridized carbons (Fsp3) is 0.450. The molecule has 1 fully saturated rings. The van der Waals surface area contributed by atoms with Gasteiger partial charge in [0.2, 0.25) is 0 Å². The third-order valence-electron chi connectivity index (χ3n) is 5.07. The zero-order chi connectivity index (χ0) is 19.4. The normalized spacial score (nSPS) is 14.9. The second-order valence-electron chi connectivity index (χ2n) is 7.47. The number of carbonyl (C=O) groups is 1. The molecule has 2 amide bonds. The number of amides is 2. The molecule has 7 nitrogen and oxygen atoms in total. The summed E-state index contributed by atoms with van der Waals surface area (Å²) >= 11 is 0. The molecule has 1 aromatic carbocycles. The van der Waals surface area contributed by atoms with Crippen LogP contribution in [0.2, 0.25) is 0 Å². The third-order valence-corrected chi connectivity index (χ3v) is 5.07. The Hall–Kier alpha value is -2.83. The molecule has 0 radical (unpaired) electrons. The molecule has 0 aliphatic carbocycles. The fourth-order valence-corrected chi connectivity index (χ4v) is 3.05. The molecule has 0 saturated carbocycles. The van der Waals surface area contributed by atoms with Gasteiger partial charge in [0, 0.05) is 43.3 Å². The second kappa shape index (κ2) is 7.82. The average molecular weight is 369 g/mol. The maximum Gasteiger partial charge on any atom is 0.317 e. The molecule has 0 unspecified atom stereocenters. The van der Waals surface area contributed by atoms with Gasteiger partial charge in [0.1, 0.15) is 5.69 Å². The number of H-pyrrole nitrogens is 1. The highest BCUT2D eigenvalue weighted by Gasteiger charge is 2.26. The Bertz CT molecular complexity index is 839. The third kappa shape index (κ3) is 4.48. The molecular formula is C20H27N5O2. The highest BCUT2D eigenvalue weighted by Crippen LogP contribution is 2.27. The van der Waals surface area contributed by atoms with Crippen LogP contribution in [0, 0.1) is 0 Å². The molecular weight excluding hydrogens is 342 g/mol. The maximum absolute atomic E-state index is 12.5. The van der Waals surface area contributed by atoms with E-state index < -0.39 is 0 Å². The van der Waals surface area contributed by atoms with Crippen LogP contribution >= 0.6 is 0 Å². The summed E-state index contributed by atoms with van der Waals surface area (Å²) in [6.07, 6.45) is 0.873. The molecule has 1 aliphatic rings. The molecule has 2 aromatic rings. The van der Waals surface area contributed by atoms with E-state index in [2.05, 4.69) is 27.3 Å². The standard InChI is InChI=1S/C20H27N5O2/c1-4-20(2,3)21-19(27)25-12-10-24(11-13-25)16-14-17(26)22-23-18(16)15-8-6-5-7-9-15/h5-9,14H,4,10-13H2,1-3H3,(H,21,27)(H,22,26). The first-order valence-electron chi connectivity index (χ1n) is 9.37. The molecule has 0 atom stereocenters. The van der Waals surface area contributed by atoms with Gasteiger partial charge in [-0.05, 0) is 20.3 Å². The van der Waals surface area contributed by atoms with E-state index in [0.29, 0.717) is 26.2 Å². The number of rotatable bonds is 4. The molecule has 2 N–H and O–H groups in total. The molecule has 1 aromatic heterocycles.